The van der Waals surface area contributed by atoms with Gasteiger partial charge in [0.1, 0.15) is 0 Å². The van der Waals surface area contributed by atoms with Crippen LogP contribution in [0.5, 0.6) is 0 Å². The molecule has 0 heterocycles. The van der Waals surface area contributed by atoms with Gasteiger partial charge in [-0.2, -0.15) is 4.21 Å². The number of guanidine groups is 1. The summed E-state index contributed by atoms with van der Waals surface area (Å²) in [6, 6.07) is 0. The molecular weight excluding hydrogens is 158 g/mol. The first-order valence-corrected chi connectivity index (χ1v) is 3.45. The fraction of sp³-hybridized carbons (Fsp3) is 0.667. The molecule has 10 heavy (non-hydrogen) atoms. The van der Waals surface area contributed by atoms with Gasteiger partial charge in [0, 0.05) is 0 Å². The summed E-state index contributed by atoms with van der Waals surface area (Å²) in [5.41, 5.74) is 9.89. The van der Waals surface area contributed by atoms with Crippen LogP contribution in [0.3, 0.4) is 0 Å². The van der Waals surface area contributed by atoms with Crippen LogP contribution in [0, 0.1) is 0 Å². The molecule has 0 rings (SSSR count). The molecule has 0 fully saturated rings. The molecule has 0 radical (unpaired) electrons. The predicted octanol–water partition coefficient (Wildman–Crippen LogP) is -1.59. The molecule has 0 aromatic heterocycles. The van der Waals surface area contributed by atoms with Crippen molar-refractivity contribution in [3.05, 3.63) is 0 Å². The van der Waals surface area contributed by atoms with Gasteiger partial charge in [0.25, 0.3) is 0 Å². The fourth-order valence-corrected chi connectivity index (χ4v) is 0.500. The van der Waals surface area contributed by atoms with Gasteiger partial charge in [-0.1, -0.05) is 0 Å². The Morgan fingerprint density at radius 3 is 2.70 bits per heavy atom. The maximum Gasteiger partial charge on any atom is 0.301 e. The van der Waals surface area contributed by atoms with Gasteiger partial charge in [-0.25, -0.2) is 0 Å². The lowest BCUT2D eigenvalue weighted by molar-refractivity contribution is 0.316. The third kappa shape index (κ3) is 7.34. The van der Waals surface area contributed by atoms with Crippen molar-refractivity contribution in [3.8, 4) is 0 Å². The average molecular weight is 167 g/mol. The Kier molecular flexibility index (Phi) is 4.81. The molecule has 0 aromatic rings. The summed E-state index contributed by atoms with van der Waals surface area (Å²) in [7, 11) is 0. The van der Waals surface area contributed by atoms with Gasteiger partial charge < -0.3 is 11.5 Å². The molecule has 5 N–H and O–H groups in total. The van der Waals surface area contributed by atoms with Crippen LogP contribution in [0.4, 0.5) is 0 Å². The third-order valence-electron chi connectivity index (χ3n) is 0.570. The summed E-state index contributed by atoms with van der Waals surface area (Å²) < 4.78 is 22.1. The van der Waals surface area contributed by atoms with Crippen LogP contribution in [0.2, 0.25) is 0 Å². The van der Waals surface area contributed by atoms with Crippen molar-refractivity contribution in [2.45, 2.75) is 0 Å². The Bertz CT molecular complexity index is 144. The summed E-state index contributed by atoms with van der Waals surface area (Å²) in [6.07, 6.45) is 0. The van der Waals surface area contributed by atoms with Gasteiger partial charge in [0.2, 0.25) is 0 Å². The van der Waals surface area contributed by atoms with E-state index in [0.717, 1.165) is 0 Å². The number of rotatable bonds is 4. The van der Waals surface area contributed by atoms with E-state index in [1.165, 1.54) is 0 Å². The second-order valence-corrected chi connectivity index (χ2v) is 2.02. The third-order valence-corrected chi connectivity index (χ3v) is 0.938. The molecule has 0 saturated heterocycles. The quantitative estimate of drug-likeness (QED) is 0.202. The molecule has 0 aliphatic heterocycles. The zero-order chi connectivity index (χ0) is 7.98. The molecule has 1 atom stereocenters. The fourth-order valence-electron chi connectivity index (χ4n) is 0.283. The van der Waals surface area contributed by atoms with Gasteiger partial charge in [0.05, 0.1) is 13.2 Å². The second kappa shape index (κ2) is 5.15. The first-order valence-electron chi connectivity index (χ1n) is 2.42. The summed E-state index contributed by atoms with van der Waals surface area (Å²) in [6.45, 7) is 0.218. The SMILES string of the molecule is NC(N)=NCCOS(=O)O. The van der Waals surface area contributed by atoms with Crippen LogP contribution in [0.25, 0.3) is 0 Å². The number of nitrogens with two attached hydrogens (primary N) is 2. The van der Waals surface area contributed by atoms with Gasteiger partial charge in [-0.3, -0.25) is 13.7 Å². The van der Waals surface area contributed by atoms with Crippen LogP contribution >= 0.6 is 0 Å². The van der Waals surface area contributed by atoms with E-state index in [9.17, 15) is 4.21 Å². The lowest BCUT2D eigenvalue weighted by atomic mass is 10.7. The summed E-state index contributed by atoms with van der Waals surface area (Å²) in [5, 5.41) is 0. The van der Waals surface area contributed by atoms with Gasteiger partial charge >= 0.3 is 11.4 Å². The number of hydrogen-bond acceptors (Lipinski definition) is 3. The summed E-state index contributed by atoms with van der Waals surface area (Å²) in [5.74, 6) is -0.0627. The first kappa shape index (κ1) is 9.34. The van der Waals surface area contributed by atoms with Gasteiger partial charge in [-0.15, -0.1) is 0 Å². The standard InChI is InChI=1S/C3H9N3O3S/c4-3(5)6-1-2-9-10(7)8/h1-2H2,(H,7,8)(H4,4,5,6). The Morgan fingerprint density at radius 2 is 2.30 bits per heavy atom. The molecule has 6 nitrogen and oxygen atoms in total. The van der Waals surface area contributed by atoms with Crippen LogP contribution in [-0.4, -0.2) is 27.9 Å². The first-order chi connectivity index (χ1) is 4.63. The Labute approximate surface area is 60.7 Å². The van der Waals surface area contributed by atoms with E-state index in [-0.39, 0.29) is 19.1 Å². The highest BCUT2D eigenvalue weighted by Crippen LogP contribution is 1.78. The van der Waals surface area contributed by atoms with Crippen molar-refractivity contribution < 1.29 is 12.9 Å². The zero-order valence-corrected chi connectivity index (χ0v) is 6.00. The molecule has 0 amide bonds. The van der Waals surface area contributed by atoms with Crippen LogP contribution in [0.15, 0.2) is 4.99 Å². The lowest BCUT2D eigenvalue weighted by Crippen LogP contribution is -2.23. The minimum Gasteiger partial charge on any atom is -0.370 e. The molecule has 0 aliphatic rings. The predicted molar refractivity (Wildman–Crippen MR) is 37.4 cm³/mol. The van der Waals surface area contributed by atoms with E-state index in [0.29, 0.717) is 0 Å². The van der Waals surface area contributed by atoms with E-state index in [2.05, 4.69) is 9.18 Å². The van der Waals surface area contributed by atoms with Crippen molar-refractivity contribution in [1.29, 1.82) is 0 Å². The largest absolute Gasteiger partial charge is 0.370 e. The minimum atomic E-state index is -2.23. The number of nitrogens with zero attached hydrogens (tertiary/aromatic N) is 1. The van der Waals surface area contributed by atoms with Crippen molar-refractivity contribution in [3.63, 3.8) is 0 Å². The molecule has 7 heteroatoms. The second-order valence-electron chi connectivity index (χ2n) is 1.35. The van der Waals surface area contributed by atoms with Crippen LogP contribution < -0.4 is 11.5 Å². The topological polar surface area (TPSA) is 111 Å². The van der Waals surface area contributed by atoms with E-state index >= 15 is 0 Å². The van der Waals surface area contributed by atoms with E-state index in [4.69, 9.17) is 16.0 Å². The number of aliphatic imine (C=N–C) groups is 1. The van der Waals surface area contributed by atoms with Gasteiger partial charge in [0.15, 0.2) is 5.96 Å². The maximum absolute atomic E-state index is 9.82. The van der Waals surface area contributed by atoms with Gasteiger partial charge in [-0.05, 0) is 0 Å². The van der Waals surface area contributed by atoms with Crippen molar-refractivity contribution >= 4 is 17.3 Å². The van der Waals surface area contributed by atoms with Crippen molar-refractivity contribution in [2.75, 3.05) is 13.2 Å². The summed E-state index contributed by atoms with van der Waals surface area (Å²) in [4.78, 5) is 3.50. The number of hydrogen-bond donors (Lipinski definition) is 3. The van der Waals surface area contributed by atoms with E-state index < -0.39 is 11.4 Å². The molecule has 0 spiro atoms. The average Bonchev–Trinajstić information content (AvgIpc) is 1.79. The Balaban J connectivity index is 3.21. The normalized spacial score (nSPS) is 12.5. The van der Waals surface area contributed by atoms with E-state index in [1.54, 1.807) is 0 Å². The monoisotopic (exact) mass is 167 g/mol. The van der Waals surface area contributed by atoms with Crippen LogP contribution in [-0.2, 0) is 15.5 Å². The summed E-state index contributed by atoms with van der Waals surface area (Å²) >= 11 is -2.23. The molecule has 0 saturated carbocycles. The molecule has 0 bridgehead atoms. The molecule has 0 aliphatic carbocycles. The van der Waals surface area contributed by atoms with Crippen LogP contribution in [0.1, 0.15) is 0 Å². The highest BCUT2D eigenvalue weighted by atomic mass is 32.2. The smallest absolute Gasteiger partial charge is 0.301 e. The molecule has 0 aromatic carbocycles. The minimum absolute atomic E-state index is 0.0288. The van der Waals surface area contributed by atoms with E-state index in [1.807, 2.05) is 0 Å². The zero-order valence-electron chi connectivity index (χ0n) is 5.19. The highest BCUT2D eigenvalue weighted by Gasteiger charge is 1.90. The molecule has 1 unspecified atom stereocenters. The highest BCUT2D eigenvalue weighted by molar-refractivity contribution is 7.74. The Morgan fingerprint density at radius 1 is 1.70 bits per heavy atom. The maximum atomic E-state index is 9.82. The van der Waals surface area contributed by atoms with Crippen molar-refractivity contribution in [2.24, 2.45) is 16.5 Å². The van der Waals surface area contributed by atoms with Crippen molar-refractivity contribution in [1.82, 2.24) is 0 Å². The lowest BCUT2D eigenvalue weighted by Gasteiger charge is -1.93. The molecule has 60 valence electrons. The Hall–Kier alpha value is -0.660. The molecular formula is C3H9N3O3S.